The molecule has 2 aliphatic heterocycles. The van der Waals surface area contributed by atoms with Gasteiger partial charge in [0.2, 0.25) is 5.89 Å². The summed E-state index contributed by atoms with van der Waals surface area (Å²) in [7, 11) is 0. The van der Waals surface area contributed by atoms with Crippen LogP contribution in [-0.4, -0.2) is 53.9 Å². The molecular formula is C17H28N4O3. The van der Waals surface area contributed by atoms with Crippen LogP contribution in [0.3, 0.4) is 0 Å². The molecule has 0 aromatic carbocycles. The van der Waals surface area contributed by atoms with Crippen molar-refractivity contribution in [1.29, 1.82) is 0 Å². The Morgan fingerprint density at radius 3 is 2.58 bits per heavy atom. The number of urea groups is 1. The molecule has 7 heteroatoms. The molecule has 0 bridgehead atoms. The second-order valence-corrected chi connectivity index (χ2v) is 7.28. The van der Waals surface area contributed by atoms with Crippen LogP contribution < -0.4 is 5.32 Å². The van der Waals surface area contributed by atoms with E-state index in [0.717, 1.165) is 52.0 Å². The molecule has 0 atom stereocenters. The zero-order valence-corrected chi connectivity index (χ0v) is 14.7. The molecule has 0 aliphatic carbocycles. The molecule has 2 saturated heterocycles. The summed E-state index contributed by atoms with van der Waals surface area (Å²) in [6, 6.07) is 0.0144. The highest BCUT2D eigenvalue weighted by atomic mass is 16.5. The normalized spacial score (nSPS) is 20.5. The lowest BCUT2D eigenvalue weighted by atomic mass is 9.72. The van der Waals surface area contributed by atoms with Crippen molar-refractivity contribution in [1.82, 2.24) is 20.4 Å². The van der Waals surface area contributed by atoms with Crippen LogP contribution in [0.25, 0.3) is 0 Å². The molecule has 1 N–H and O–H groups in total. The number of nitrogens with one attached hydrogen (secondary N) is 1. The molecule has 24 heavy (non-hydrogen) atoms. The Hall–Kier alpha value is -1.63. The summed E-state index contributed by atoms with van der Waals surface area (Å²) in [4.78, 5) is 18.5. The van der Waals surface area contributed by atoms with E-state index in [9.17, 15) is 4.79 Å². The summed E-state index contributed by atoms with van der Waals surface area (Å²) in [6.45, 7) is 7.99. The summed E-state index contributed by atoms with van der Waals surface area (Å²) in [5, 5.41) is 6.90. The fourth-order valence-electron chi connectivity index (χ4n) is 3.48. The van der Waals surface area contributed by atoms with Gasteiger partial charge in [-0.3, -0.25) is 0 Å². The third kappa shape index (κ3) is 4.06. The van der Waals surface area contributed by atoms with Crippen LogP contribution >= 0.6 is 0 Å². The topological polar surface area (TPSA) is 80.5 Å². The molecule has 0 saturated carbocycles. The highest BCUT2D eigenvalue weighted by Gasteiger charge is 2.37. The lowest BCUT2D eigenvalue weighted by Gasteiger charge is -2.44. The lowest BCUT2D eigenvalue weighted by Crippen LogP contribution is -2.49. The molecule has 3 rings (SSSR count). The van der Waals surface area contributed by atoms with Gasteiger partial charge in [-0.15, -0.1) is 0 Å². The fourth-order valence-corrected chi connectivity index (χ4v) is 3.48. The van der Waals surface area contributed by atoms with Crippen LogP contribution in [0.15, 0.2) is 4.52 Å². The molecule has 134 valence electrons. The van der Waals surface area contributed by atoms with Crippen molar-refractivity contribution in [2.45, 2.75) is 51.9 Å². The van der Waals surface area contributed by atoms with E-state index in [4.69, 9.17) is 9.26 Å². The van der Waals surface area contributed by atoms with Crippen LogP contribution in [0.4, 0.5) is 4.79 Å². The number of aromatic nitrogens is 2. The van der Waals surface area contributed by atoms with E-state index < -0.39 is 0 Å². The van der Waals surface area contributed by atoms with Crippen LogP contribution in [0.5, 0.6) is 0 Å². The first-order chi connectivity index (χ1) is 11.6. The summed E-state index contributed by atoms with van der Waals surface area (Å²) >= 11 is 0. The average Bonchev–Trinajstić information content (AvgIpc) is 3.05. The number of likely N-dealkylation sites (tertiary alicyclic amines) is 1. The van der Waals surface area contributed by atoms with Crippen molar-refractivity contribution in [2.75, 3.05) is 32.8 Å². The first kappa shape index (κ1) is 17.2. The highest BCUT2D eigenvalue weighted by Crippen LogP contribution is 2.40. The number of carbonyl (C=O) groups is 1. The molecule has 1 aromatic heterocycles. The quantitative estimate of drug-likeness (QED) is 0.913. The maximum absolute atomic E-state index is 12.3. The number of carbonyl (C=O) groups excluding carboxylic acids is 1. The number of piperidine rings is 1. The number of rotatable bonds is 4. The van der Waals surface area contributed by atoms with Gasteiger partial charge in [0.1, 0.15) is 0 Å². The number of hydrogen-bond donors (Lipinski definition) is 1. The summed E-state index contributed by atoms with van der Waals surface area (Å²) in [6.07, 6.45) is 5.02. The number of nitrogens with zero attached hydrogens (tertiary/aromatic N) is 3. The van der Waals surface area contributed by atoms with Gasteiger partial charge in [0.25, 0.3) is 0 Å². The van der Waals surface area contributed by atoms with E-state index in [2.05, 4.69) is 15.5 Å². The minimum absolute atomic E-state index is 0.0144. The Morgan fingerprint density at radius 1 is 1.25 bits per heavy atom. The SMILES string of the molecule is CC(C)c1noc(CCNC(=O)N2CCC3(CCOCC3)CC2)n1. The van der Waals surface area contributed by atoms with Crippen molar-refractivity contribution >= 4 is 6.03 Å². The van der Waals surface area contributed by atoms with E-state index in [1.165, 1.54) is 0 Å². The van der Waals surface area contributed by atoms with Crippen LogP contribution in [0, 0.1) is 5.41 Å². The molecule has 2 aliphatic rings. The molecule has 1 spiro atoms. The summed E-state index contributed by atoms with van der Waals surface area (Å²) in [5.41, 5.74) is 0.409. The summed E-state index contributed by atoms with van der Waals surface area (Å²) in [5.74, 6) is 1.55. The zero-order chi connectivity index (χ0) is 17.0. The van der Waals surface area contributed by atoms with Gasteiger partial charge in [0, 0.05) is 45.2 Å². The lowest BCUT2D eigenvalue weighted by molar-refractivity contribution is -0.0145. The number of amides is 2. The Bertz CT molecular complexity index is 542. The van der Waals surface area contributed by atoms with Gasteiger partial charge in [0.05, 0.1) is 0 Å². The van der Waals surface area contributed by atoms with Crippen LogP contribution in [0.1, 0.15) is 57.2 Å². The molecule has 2 amide bonds. The molecule has 7 nitrogen and oxygen atoms in total. The van der Waals surface area contributed by atoms with E-state index >= 15 is 0 Å². The van der Waals surface area contributed by atoms with Crippen LogP contribution in [0.2, 0.25) is 0 Å². The largest absolute Gasteiger partial charge is 0.381 e. The van der Waals surface area contributed by atoms with Crippen molar-refractivity contribution in [2.24, 2.45) is 5.41 Å². The summed E-state index contributed by atoms with van der Waals surface area (Å²) < 4.78 is 10.7. The predicted octanol–water partition coefficient (Wildman–Crippen LogP) is 2.34. The van der Waals surface area contributed by atoms with Gasteiger partial charge in [-0.2, -0.15) is 4.98 Å². The highest BCUT2D eigenvalue weighted by molar-refractivity contribution is 5.74. The number of ether oxygens (including phenoxy) is 1. The molecule has 1 aromatic rings. The average molecular weight is 336 g/mol. The second-order valence-electron chi connectivity index (χ2n) is 7.28. The Kier molecular flexibility index (Phi) is 5.38. The number of hydrogen-bond acceptors (Lipinski definition) is 5. The van der Waals surface area contributed by atoms with Gasteiger partial charge in [-0.1, -0.05) is 19.0 Å². The Labute approximate surface area is 143 Å². The first-order valence-corrected chi connectivity index (χ1v) is 9.01. The van der Waals surface area contributed by atoms with Gasteiger partial charge >= 0.3 is 6.03 Å². The zero-order valence-electron chi connectivity index (χ0n) is 14.7. The van der Waals surface area contributed by atoms with Crippen molar-refractivity contribution in [3.8, 4) is 0 Å². The Balaban J connectivity index is 1.39. The smallest absolute Gasteiger partial charge is 0.317 e. The predicted molar refractivity (Wildman–Crippen MR) is 88.8 cm³/mol. The molecule has 3 heterocycles. The van der Waals surface area contributed by atoms with Crippen molar-refractivity contribution < 1.29 is 14.1 Å². The molecule has 0 radical (unpaired) electrons. The maximum atomic E-state index is 12.3. The first-order valence-electron chi connectivity index (χ1n) is 9.01. The van der Waals surface area contributed by atoms with Gasteiger partial charge in [-0.05, 0) is 31.1 Å². The molecule has 2 fully saturated rings. The van der Waals surface area contributed by atoms with E-state index in [1.807, 2.05) is 18.7 Å². The van der Waals surface area contributed by atoms with Gasteiger partial charge < -0.3 is 19.5 Å². The Morgan fingerprint density at radius 2 is 1.96 bits per heavy atom. The second kappa shape index (κ2) is 7.51. The van der Waals surface area contributed by atoms with E-state index in [1.54, 1.807) is 0 Å². The fraction of sp³-hybridized carbons (Fsp3) is 0.824. The standard InChI is InChI=1S/C17H28N4O3/c1-13(2)15-19-14(24-20-15)3-8-18-16(22)21-9-4-17(5-10-21)6-11-23-12-7-17/h13H,3-12H2,1-2H3,(H,18,22). The third-order valence-corrected chi connectivity index (χ3v) is 5.28. The van der Waals surface area contributed by atoms with E-state index in [0.29, 0.717) is 30.1 Å². The third-order valence-electron chi connectivity index (χ3n) is 5.28. The minimum atomic E-state index is 0.0144. The van der Waals surface area contributed by atoms with Gasteiger partial charge in [0.15, 0.2) is 5.82 Å². The van der Waals surface area contributed by atoms with Crippen molar-refractivity contribution in [3.63, 3.8) is 0 Å². The van der Waals surface area contributed by atoms with Crippen LogP contribution in [-0.2, 0) is 11.2 Å². The molecular weight excluding hydrogens is 308 g/mol. The van der Waals surface area contributed by atoms with E-state index in [-0.39, 0.29) is 11.9 Å². The minimum Gasteiger partial charge on any atom is -0.381 e. The monoisotopic (exact) mass is 336 g/mol. The van der Waals surface area contributed by atoms with Gasteiger partial charge in [-0.25, -0.2) is 4.79 Å². The molecule has 0 unspecified atom stereocenters. The van der Waals surface area contributed by atoms with Crippen molar-refractivity contribution in [3.05, 3.63) is 11.7 Å². The maximum Gasteiger partial charge on any atom is 0.317 e.